The first-order valence-electron chi connectivity index (χ1n) is 29.9. The number of nitrogens with two attached hydrogens (primary N) is 1. The number of H-pyrrole nitrogens is 1. The summed E-state index contributed by atoms with van der Waals surface area (Å²) in [5.41, 5.74) is 8.97. The van der Waals surface area contributed by atoms with Crippen LogP contribution in [0.5, 0.6) is 0 Å². The highest BCUT2D eigenvalue weighted by Gasteiger charge is 2.35. The normalized spacial score (nSPS) is 13.9. The number of rotatable bonds is 35. The number of carbonyl (C=O) groups is 11. The number of carbonyl (C=O) groups excluding carboxylic acids is 10. The van der Waals surface area contributed by atoms with Crippen LogP contribution in [0, 0.1) is 17.8 Å². The number of hydrogen-bond acceptors (Lipinski definition) is 12. The summed E-state index contributed by atoms with van der Waals surface area (Å²) in [5.74, 6) is -8.98. The fraction of sp³-hybridized carbons (Fsp3) is 0.431. The van der Waals surface area contributed by atoms with Crippen molar-refractivity contribution in [1.82, 2.24) is 58.2 Å². The first kappa shape index (κ1) is 70.3. The van der Waals surface area contributed by atoms with Gasteiger partial charge >= 0.3 is 5.97 Å². The quantitative estimate of drug-likeness (QED) is 0.0275. The van der Waals surface area contributed by atoms with Gasteiger partial charge in [0.25, 0.3) is 0 Å². The van der Waals surface area contributed by atoms with Crippen LogP contribution in [0.2, 0.25) is 0 Å². The summed E-state index contributed by atoms with van der Waals surface area (Å²) < 4.78 is 0. The maximum Gasteiger partial charge on any atom is 0.322 e. The summed E-state index contributed by atoms with van der Waals surface area (Å²) in [6.45, 7) is 10.7. The first-order chi connectivity index (χ1) is 42.4. The lowest BCUT2D eigenvalue weighted by Crippen LogP contribution is -2.60. The van der Waals surface area contributed by atoms with Crippen molar-refractivity contribution in [2.45, 2.75) is 142 Å². The number of para-hydroxylation sites is 1. The highest BCUT2D eigenvalue weighted by molar-refractivity contribution is 5.99. The second-order valence-corrected chi connectivity index (χ2v) is 23.3. The average Bonchev–Trinajstić information content (AvgIpc) is 2.05. The smallest absolute Gasteiger partial charge is 0.322 e. The topological polar surface area (TPSA) is 370 Å². The Bertz CT molecular complexity index is 3200. The lowest BCUT2D eigenvalue weighted by atomic mass is 10.00. The minimum atomic E-state index is -1.37. The molecule has 0 radical (unpaired) electrons. The van der Waals surface area contributed by atoms with Gasteiger partial charge in [0.2, 0.25) is 59.1 Å². The van der Waals surface area contributed by atoms with Gasteiger partial charge in [0.1, 0.15) is 54.9 Å². The molecule has 0 aliphatic rings. The van der Waals surface area contributed by atoms with E-state index in [4.69, 9.17) is 5.73 Å². The maximum atomic E-state index is 14.7. The molecule has 1 heterocycles. The third-order valence-corrected chi connectivity index (χ3v) is 14.3. The van der Waals surface area contributed by atoms with E-state index in [1.165, 1.54) is 6.92 Å². The Morgan fingerprint density at radius 2 is 0.742 bits per heavy atom. The third-order valence-electron chi connectivity index (χ3n) is 14.3. The summed E-state index contributed by atoms with van der Waals surface area (Å²) in [6, 6.07) is 23.8. The molecule has 0 bridgehead atoms. The van der Waals surface area contributed by atoms with Gasteiger partial charge in [-0.2, -0.15) is 0 Å². The van der Waals surface area contributed by atoms with Gasteiger partial charge in [-0.25, -0.2) is 0 Å². The highest BCUT2D eigenvalue weighted by atomic mass is 16.4. The van der Waals surface area contributed by atoms with Gasteiger partial charge in [0, 0.05) is 42.8 Å². The Labute approximate surface area is 518 Å². The molecule has 0 aliphatic carbocycles. The van der Waals surface area contributed by atoms with Crippen LogP contribution in [0.25, 0.3) is 10.9 Å². The molecule has 89 heavy (non-hydrogen) atoms. The molecule has 8 atom stereocenters. The van der Waals surface area contributed by atoms with Crippen molar-refractivity contribution < 1.29 is 57.8 Å². The lowest BCUT2D eigenvalue weighted by molar-refractivity contribution is -0.138. The summed E-state index contributed by atoms with van der Waals surface area (Å²) in [4.78, 5) is 153. The van der Waals surface area contributed by atoms with Crippen molar-refractivity contribution in [2.24, 2.45) is 23.5 Å². The highest BCUT2D eigenvalue weighted by Crippen LogP contribution is 2.20. The number of carboxylic acids is 1. The standard InChI is InChI=1S/C65H86N12O12/c1-38(2)27-48(74-62(86)51(71-55(78)34-66)30-42-19-11-8-12-20-42)59(83)68-36-56(79)72-52(31-43-21-13-9-14-22-43)63(87)76-50(29-40(5)6)61(85)70-41(7)58(82)73-54(33-45-35-67-47-26-18-17-25-46(45)47)65(89)77-53(32-44-23-15-10-16-24-44)64(88)75-49(28-39(3)4)60(84)69-37-57(80)81/h8-26,35,38-41,48-54,67H,27-34,36-37,66H2,1-7H3,(H,68,83)(H,69,84)(H,70,85)(H,71,78)(H,72,79)(H,73,82)(H,74,86)(H,75,88)(H,76,87)(H,77,89)(H,80,81)/t41-,48-,49-,50-,51-,52-,53-,54-/m0/s1. The van der Waals surface area contributed by atoms with E-state index in [2.05, 4.69) is 58.2 Å². The maximum absolute atomic E-state index is 14.7. The third kappa shape index (κ3) is 24.0. The zero-order valence-corrected chi connectivity index (χ0v) is 51.5. The fourth-order valence-corrected chi connectivity index (χ4v) is 9.86. The van der Waals surface area contributed by atoms with E-state index in [1.54, 1.807) is 91.1 Å². The van der Waals surface area contributed by atoms with Gasteiger partial charge in [-0.3, -0.25) is 52.7 Å². The Morgan fingerprint density at radius 3 is 1.17 bits per heavy atom. The zero-order valence-electron chi connectivity index (χ0n) is 51.5. The Morgan fingerprint density at radius 1 is 0.393 bits per heavy atom. The fourth-order valence-electron chi connectivity index (χ4n) is 9.86. The van der Waals surface area contributed by atoms with Crippen LogP contribution in [-0.4, -0.2) is 143 Å². The average molecular weight is 1230 g/mol. The number of hydrogen-bond donors (Lipinski definition) is 13. The van der Waals surface area contributed by atoms with Crippen molar-refractivity contribution in [3.63, 3.8) is 0 Å². The predicted octanol–water partition coefficient (Wildman–Crippen LogP) is 1.75. The van der Waals surface area contributed by atoms with Gasteiger partial charge < -0.3 is 69.0 Å². The molecule has 0 unspecified atom stereocenters. The molecule has 24 heteroatoms. The second kappa shape index (κ2) is 35.4. The number of aromatic amines is 1. The van der Waals surface area contributed by atoms with Crippen molar-refractivity contribution >= 4 is 75.9 Å². The number of carboxylic acid groups (broad SMARTS) is 1. The molecule has 478 valence electrons. The Balaban J connectivity index is 1.33. The van der Waals surface area contributed by atoms with Crippen LogP contribution in [0.1, 0.15) is 90.0 Å². The van der Waals surface area contributed by atoms with Crippen LogP contribution in [0.3, 0.4) is 0 Å². The van der Waals surface area contributed by atoms with E-state index in [-0.39, 0.29) is 69.2 Å². The van der Waals surface area contributed by atoms with E-state index in [9.17, 15) is 57.8 Å². The summed E-state index contributed by atoms with van der Waals surface area (Å²) in [7, 11) is 0. The van der Waals surface area contributed by atoms with Gasteiger partial charge in [0.05, 0.1) is 13.1 Å². The molecule has 24 nitrogen and oxygen atoms in total. The molecule has 1 aromatic heterocycles. The molecule has 0 aliphatic heterocycles. The number of fused-ring (bicyclic) bond motifs is 1. The molecule has 14 N–H and O–H groups in total. The Hall–Kier alpha value is -9.45. The van der Waals surface area contributed by atoms with Gasteiger partial charge in [0.15, 0.2) is 0 Å². The zero-order chi connectivity index (χ0) is 65.2. The monoisotopic (exact) mass is 1230 g/mol. The van der Waals surface area contributed by atoms with Crippen LogP contribution < -0.4 is 58.9 Å². The lowest BCUT2D eigenvalue weighted by Gasteiger charge is -2.27. The van der Waals surface area contributed by atoms with Crippen LogP contribution in [-0.2, 0) is 78.4 Å². The molecule has 5 rings (SSSR count). The molecular formula is C65H86N12O12. The van der Waals surface area contributed by atoms with Crippen molar-refractivity contribution in [3.05, 3.63) is 144 Å². The minimum Gasteiger partial charge on any atom is -0.480 e. The van der Waals surface area contributed by atoms with Crippen molar-refractivity contribution in [1.29, 1.82) is 0 Å². The predicted molar refractivity (Wildman–Crippen MR) is 335 cm³/mol. The summed E-state index contributed by atoms with van der Waals surface area (Å²) in [6.07, 6.45) is 2.00. The SMILES string of the molecule is CC(C)C[C@H](NC(=O)[C@H](Cc1ccccc1)NC(=O)CN)C(=O)NCC(=O)N[C@@H](Cc1ccccc1)C(=O)N[C@@H](CC(C)C)C(=O)N[C@@H](C)C(=O)N[C@@H](Cc1c[nH]c2ccccc12)C(=O)N[C@@H](Cc1ccccc1)C(=O)N[C@@H](CC(C)C)C(=O)NCC(=O)O. The van der Waals surface area contributed by atoms with Gasteiger partial charge in [-0.05, 0) is 72.3 Å². The number of aromatic nitrogens is 1. The van der Waals surface area contributed by atoms with E-state index >= 15 is 0 Å². The van der Waals surface area contributed by atoms with Crippen LogP contribution >= 0.6 is 0 Å². The largest absolute Gasteiger partial charge is 0.480 e. The van der Waals surface area contributed by atoms with Gasteiger partial charge in [-0.1, -0.05) is 151 Å². The van der Waals surface area contributed by atoms with E-state index in [0.717, 1.165) is 16.5 Å². The molecule has 0 saturated carbocycles. The molecular weight excluding hydrogens is 1140 g/mol. The molecule has 10 amide bonds. The van der Waals surface area contributed by atoms with Crippen LogP contribution in [0.15, 0.2) is 121 Å². The summed E-state index contributed by atoms with van der Waals surface area (Å²) >= 11 is 0. The number of amides is 10. The molecule has 5 aromatic rings. The van der Waals surface area contributed by atoms with Crippen molar-refractivity contribution in [3.8, 4) is 0 Å². The minimum absolute atomic E-state index is 0.0427. The molecule has 0 spiro atoms. The van der Waals surface area contributed by atoms with E-state index < -0.39 is 126 Å². The van der Waals surface area contributed by atoms with Crippen molar-refractivity contribution in [2.75, 3.05) is 19.6 Å². The van der Waals surface area contributed by atoms with Gasteiger partial charge in [-0.15, -0.1) is 0 Å². The number of benzene rings is 4. The first-order valence-corrected chi connectivity index (χ1v) is 29.9. The molecule has 0 saturated heterocycles. The number of aliphatic carboxylic acids is 1. The van der Waals surface area contributed by atoms with Crippen LogP contribution in [0.4, 0.5) is 0 Å². The second-order valence-electron chi connectivity index (χ2n) is 23.3. The Kier molecular flexibility index (Phi) is 28.0. The van der Waals surface area contributed by atoms with E-state index in [1.807, 2.05) is 71.9 Å². The summed E-state index contributed by atoms with van der Waals surface area (Å²) in [5, 5.41) is 36.6. The van der Waals surface area contributed by atoms with E-state index in [0.29, 0.717) is 16.7 Å². The number of nitrogens with one attached hydrogen (secondary N) is 11. The molecule has 0 fully saturated rings. The molecule has 4 aromatic carbocycles.